The molecule has 0 bridgehead atoms. The molecule has 3 fully saturated rings. The van der Waals surface area contributed by atoms with E-state index >= 15 is 0 Å². The Labute approximate surface area is 242 Å². The van der Waals surface area contributed by atoms with Crippen LogP contribution in [0, 0.1) is 40.4 Å². The van der Waals surface area contributed by atoms with Crippen LogP contribution in [-0.4, -0.2) is 12.1 Å². The largest absolute Gasteiger partial charge is 0.462 e. The normalized spacial score (nSPS) is 35.4. The fraction of sp³-hybridized carbons (Fsp3) is 0.553. The molecule has 0 aliphatic heterocycles. The van der Waals surface area contributed by atoms with Crippen LogP contribution in [0.4, 0.5) is 0 Å². The molecular formula is C38H48O2. The van der Waals surface area contributed by atoms with Crippen molar-refractivity contribution in [3.63, 3.8) is 0 Å². The first-order valence-electron chi connectivity index (χ1n) is 16.0. The molecule has 212 valence electrons. The van der Waals surface area contributed by atoms with Gasteiger partial charge in [0.2, 0.25) is 0 Å². The molecule has 0 spiro atoms. The molecule has 3 saturated carbocycles. The number of ether oxygens (including phenoxy) is 1. The summed E-state index contributed by atoms with van der Waals surface area (Å²) in [5.74, 6) is 3.79. The van der Waals surface area contributed by atoms with Gasteiger partial charge in [0.15, 0.2) is 0 Å². The Balaban J connectivity index is 1.20. The van der Waals surface area contributed by atoms with Gasteiger partial charge in [-0.2, -0.15) is 0 Å². The minimum absolute atomic E-state index is 0.0867. The Bertz CT molecular complexity index is 1220. The summed E-state index contributed by atoms with van der Waals surface area (Å²) in [7, 11) is 0. The third-order valence-electron chi connectivity index (χ3n) is 12.0. The number of benzene rings is 2. The van der Waals surface area contributed by atoms with Gasteiger partial charge in [-0.3, -0.25) is 4.79 Å². The van der Waals surface area contributed by atoms with Crippen LogP contribution in [0.15, 0.2) is 78.4 Å². The molecule has 0 N–H and O–H groups in total. The highest BCUT2D eigenvalue weighted by Crippen LogP contribution is 2.67. The maximum absolute atomic E-state index is 11.6. The monoisotopic (exact) mass is 536 g/mol. The number of esters is 1. The summed E-state index contributed by atoms with van der Waals surface area (Å²) in [6.45, 7) is 9.31. The van der Waals surface area contributed by atoms with Gasteiger partial charge >= 0.3 is 5.97 Å². The topological polar surface area (TPSA) is 26.3 Å². The molecule has 0 saturated heterocycles. The molecule has 2 heteroatoms. The Hall–Kier alpha value is -2.61. The lowest BCUT2D eigenvalue weighted by atomic mass is 9.47. The third-order valence-corrected chi connectivity index (χ3v) is 12.0. The van der Waals surface area contributed by atoms with E-state index in [0.717, 1.165) is 42.9 Å². The molecule has 0 heterocycles. The first-order valence-corrected chi connectivity index (χ1v) is 16.0. The number of hydrogen-bond acceptors (Lipinski definition) is 2. The van der Waals surface area contributed by atoms with Crippen LogP contribution in [0.3, 0.4) is 0 Å². The van der Waals surface area contributed by atoms with Gasteiger partial charge in [-0.15, -0.1) is 0 Å². The zero-order valence-electron chi connectivity index (χ0n) is 25.1. The highest BCUT2D eigenvalue weighted by molar-refractivity contribution is 5.79. The minimum atomic E-state index is -0.128. The molecule has 40 heavy (non-hydrogen) atoms. The molecule has 0 aromatic heterocycles. The smallest absolute Gasteiger partial charge is 0.302 e. The van der Waals surface area contributed by atoms with Crippen molar-refractivity contribution in [3.8, 4) is 0 Å². The molecule has 4 aliphatic rings. The quantitative estimate of drug-likeness (QED) is 0.271. The third kappa shape index (κ3) is 4.90. The lowest BCUT2D eigenvalue weighted by Crippen LogP contribution is -2.51. The van der Waals surface area contributed by atoms with E-state index < -0.39 is 0 Å². The van der Waals surface area contributed by atoms with E-state index in [0.29, 0.717) is 16.7 Å². The van der Waals surface area contributed by atoms with Crippen molar-refractivity contribution in [2.75, 3.05) is 0 Å². The molecule has 6 rings (SSSR count). The molecule has 0 unspecified atom stereocenters. The first-order chi connectivity index (χ1) is 19.3. The van der Waals surface area contributed by atoms with Crippen LogP contribution >= 0.6 is 0 Å². The molecule has 2 aromatic carbocycles. The maximum atomic E-state index is 11.6. The van der Waals surface area contributed by atoms with E-state index in [1.165, 1.54) is 55.2 Å². The molecule has 4 aliphatic carbocycles. The summed E-state index contributed by atoms with van der Waals surface area (Å²) in [5, 5.41) is 0. The molecular weight excluding hydrogens is 488 g/mol. The summed E-state index contributed by atoms with van der Waals surface area (Å²) in [6.07, 6.45) is 16.3. The van der Waals surface area contributed by atoms with Crippen LogP contribution < -0.4 is 0 Å². The van der Waals surface area contributed by atoms with Gasteiger partial charge in [0.05, 0.1) is 0 Å². The number of carbonyl (C=O) groups excluding carboxylic acids is 1. The van der Waals surface area contributed by atoms with E-state index in [-0.39, 0.29) is 12.1 Å². The van der Waals surface area contributed by atoms with Crippen LogP contribution in [0.2, 0.25) is 0 Å². The average molecular weight is 537 g/mol. The number of carbonyl (C=O) groups is 1. The highest BCUT2D eigenvalue weighted by Gasteiger charge is 2.59. The summed E-state index contributed by atoms with van der Waals surface area (Å²) in [5.41, 5.74) is 6.35. The first kappa shape index (κ1) is 27.6. The van der Waals surface area contributed by atoms with E-state index in [1.54, 1.807) is 12.5 Å². The Morgan fingerprint density at radius 3 is 2.25 bits per heavy atom. The lowest BCUT2D eigenvalue weighted by molar-refractivity contribution is -0.148. The van der Waals surface area contributed by atoms with E-state index in [9.17, 15) is 4.79 Å². The summed E-state index contributed by atoms with van der Waals surface area (Å²) in [4.78, 5) is 11.6. The Morgan fingerprint density at radius 1 is 0.925 bits per heavy atom. The minimum Gasteiger partial charge on any atom is -0.462 e. The maximum Gasteiger partial charge on any atom is 0.302 e. The van der Waals surface area contributed by atoms with Crippen LogP contribution in [0.5, 0.6) is 0 Å². The number of fused-ring (bicyclic) bond motifs is 5. The molecule has 0 radical (unpaired) electrons. The van der Waals surface area contributed by atoms with Crippen LogP contribution in [-0.2, 0) is 9.53 Å². The second-order valence-electron chi connectivity index (χ2n) is 14.0. The van der Waals surface area contributed by atoms with Gasteiger partial charge in [-0.25, -0.2) is 0 Å². The highest BCUT2D eigenvalue weighted by atomic mass is 16.5. The summed E-state index contributed by atoms with van der Waals surface area (Å²) >= 11 is 0. The van der Waals surface area contributed by atoms with Gasteiger partial charge in [-0.1, -0.05) is 99.2 Å². The SMILES string of the molecule is CC(=O)O[C@H]1CC[C@@]2(C)C(=CC[C@@H]3[C@H]4CC[C@@H]([C@H](C)CC=C(c5ccccc5)c5ccccc5)[C@@]4(C)CC[C@@H]32)C1. The van der Waals surface area contributed by atoms with Crippen molar-refractivity contribution in [1.82, 2.24) is 0 Å². The predicted molar refractivity (Wildman–Crippen MR) is 164 cm³/mol. The molecule has 8 atom stereocenters. The van der Waals surface area contributed by atoms with Crippen molar-refractivity contribution in [2.24, 2.45) is 40.4 Å². The number of rotatable bonds is 6. The van der Waals surface area contributed by atoms with Crippen molar-refractivity contribution in [3.05, 3.63) is 89.5 Å². The Morgan fingerprint density at radius 2 is 1.60 bits per heavy atom. The number of allylic oxidation sites excluding steroid dienone is 2. The molecule has 0 amide bonds. The van der Waals surface area contributed by atoms with Gasteiger partial charge < -0.3 is 4.74 Å². The van der Waals surface area contributed by atoms with Crippen molar-refractivity contribution >= 4 is 11.5 Å². The fourth-order valence-corrected chi connectivity index (χ4v) is 10.0. The van der Waals surface area contributed by atoms with Crippen molar-refractivity contribution < 1.29 is 9.53 Å². The van der Waals surface area contributed by atoms with Crippen LogP contribution in [0.25, 0.3) is 5.57 Å². The van der Waals surface area contributed by atoms with Crippen molar-refractivity contribution in [1.29, 1.82) is 0 Å². The second-order valence-corrected chi connectivity index (χ2v) is 14.0. The van der Waals surface area contributed by atoms with E-state index in [2.05, 4.69) is 93.6 Å². The van der Waals surface area contributed by atoms with Gasteiger partial charge in [0.1, 0.15) is 6.10 Å². The van der Waals surface area contributed by atoms with Crippen LogP contribution in [0.1, 0.15) is 96.6 Å². The zero-order valence-corrected chi connectivity index (χ0v) is 25.1. The Kier molecular flexibility index (Phi) is 7.57. The van der Waals surface area contributed by atoms with Crippen molar-refractivity contribution in [2.45, 2.75) is 91.6 Å². The molecule has 2 aromatic rings. The fourth-order valence-electron chi connectivity index (χ4n) is 10.0. The zero-order chi connectivity index (χ0) is 27.9. The average Bonchev–Trinajstić information content (AvgIpc) is 3.31. The van der Waals surface area contributed by atoms with Gasteiger partial charge in [-0.05, 0) is 108 Å². The lowest BCUT2D eigenvalue weighted by Gasteiger charge is -2.58. The second kappa shape index (κ2) is 11.0. The van der Waals surface area contributed by atoms with E-state index in [1.807, 2.05) is 0 Å². The van der Waals surface area contributed by atoms with Gasteiger partial charge in [0.25, 0.3) is 0 Å². The summed E-state index contributed by atoms with van der Waals surface area (Å²) in [6, 6.07) is 21.9. The summed E-state index contributed by atoms with van der Waals surface area (Å²) < 4.78 is 5.66. The van der Waals surface area contributed by atoms with Gasteiger partial charge in [0, 0.05) is 13.3 Å². The number of hydrogen-bond donors (Lipinski definition) is 0. The predicted octanol–water partition coefficient (Wildman–Crippen LogP) is 9.66. The molecule has 2 nitrogen and oxygen atoms in total. The standard InChI is InChI=1S/C38H48O2/c1-26(15-17-32(28-11-7-5-8-12-28)29-13-9-6-10-14-29)34-19-20-35-33-18-16-30-25-31(40-27(2)39)21-23-37(30,3)36(33)22-24-38(34,35)4/h5-14,16-17,26,31,33-36H,15,18-25H2,1-4H3/t26-,31+,33-,34+,35-,36+,37+,38-/m1/s1. The van der Waals surface area contributed by atoms with E-state index in [4.69, 9.17) is 4.74 Å².